The molecule has 24 heavy (non-hydrogen) atoms. The van der Waals surface area contributed by atoms with Crippen LogP contribution in [0, 0.1) is 0 Å². The largest absolute Gasteiger partial charge is 0.334 e. The summed E-state index contributed by atoms with van der Waals surface area (Å²) in [5.41, 5.74) is 1.25. The minimum Gasteiger partial charge on any atom is -0.330 e. The number of hydrogen-bond acceptors (Lipinski definition) is 3. The van der Waals surface area contributed by atoms with E-state index in [1.807, 2.05) is 6.07 Å². The Morgan fingerprint density at radius 2 is 1.67 bits per heavy atom. The quantitative estimate of drug-likeness (QED) is 0.540. The van der Waals surface area contributed by atoms with Gasteiger partial charge < -0.3 is 4.57 Å². The average molecular weight is 319 g/mol. The van der Waals surface area contributed by atoms with E-state index in [4.69, 9.17) is 0 Å². The molecule has 1 aliphatic carbocycles. The molecule has 1 aromatic heterocycles. The van der Waals surface area contributed by atoms with Gasteiger partial charge in [0, 0.05) is 13.1 Å². The number of benzene rings is 2. The smallest absolute Gasteiger partial charge is 0.330 e. The standard InChI is InChI=1S/C18H13N3O3/c1-20-15-10-13(22)8-7-11(15)9-14-16(20)19-18(24)21(17(14)23)12-5-3-2-4-6-12/h2-10H,1H3,(H,19,24). The Balaban J connectivity index is 2.19. The number of nitrogens with one attached hydrogen (secondary N) is 1. The van der Waals surface area contributed by atoms with E-state index in [9.17, 15) is 14.4 Å². The van der Waals surface area contributed by atoms with Gasteiger partial charge in [-0.2, -0.15) is 0 Å². The molecule has 4 rings (SSSR count). The van der Waals surface area contributed by atoms with Crippen LogP contribution < -0.4 is 16.7 Å². The zero-order chi connectivity index (χ0) is 16.8. The molecule has 0 saturated heterocycles. The van der Waals surface area contributed by atoms with Crippen LogP contribution in [0.5, 0.6) is 0 Å². The van der Waals surface area contributed by atoms with Crippen LogP contribution >= 0.6 is 0 Å². The molecule has 0 unspecified atom stereocenters. The lowest BCUT2D eigenvalue weighted by Gasteiger charge is -2.15. The number of aromatic amines is 1. The molecule has 0 atom stereocenters. The van der Waals surface area contributed by atoms with Gasteiger partial charge in [-0.3, -0.25) is 14.6 Å². The van der Waals surface area contributed by atoms with Crippen molar-refractivity contribution in [1.29, 1.82) is 0 Å². The minimum atomic E-state index is -0.521. The second-order valence-corrected chi connectivity index (χ2v) is 5.59. The van der Waals surface area contributed by atoms with Gasteiger partial charge >= 0.3 is 5.69 Å². The fourth-order valence-corrected chi connectivity index (χ4v) is 2.96. The van der Waals surface area contributed by atoms with Crippen molar-refractivity contribution in [2.75, 3.05) is 0 Å². The molecule has 0 radical (unpaired) electrons. The first-order valence-corrected chi connectivity index (χ1v) is 7.40. The highest BCUT2D eigenvalue weighted by molar-refractivity contribution is 5.83. The van der Waals surface area contributed by atoms with Crippen molar-refractivity contribution in [3.8, 4) is 16.9 Å². The predicted octanol–water partition coefficient (Wildman–Crippen LogP) is 1.48. The Morgan fingerprint density at radius 1 is 0.917 bits per heavy atom. The van der Waals surface area contributed by atoms with Gasteiger partial charge in [0.25, 0.3) is 5.56 Å². The highest BCUT2D eigenvalue weighted by atomic mass is 16.2. The summed E-state index contributed by atoms with van der Waals surface area (Å²) in [6, 6.07) is 15.1. The van der Waals surface area contributed by atoms with E-state index in [0.29, 0.717) is 22.4 Å². The third kappa shape index (κ3) is 2.00. The molecule has 6 heteroatoms. The molecule has 0 amide bonds. The number of aryl methyl sites for hydroxylation is 1. The summed E-state index contributed by atoms with van der Waals surface area (Å²) in [7, 11) is 1.71. The summed E-state index contributed by atoms with van der Waals surface area (Å²) in [6.07, 6.45) is 0. The molecule has 118 valence electrons. The van der Waals surface area contributed by atoms with Gasteiger partial charge in [0.05, 0.1) is 16.8 Å². The molecular formula is C18H13N3O3. The highest BCUT2D eigenvalue weighted by Crippen LogP contribution is 2.23. The molecule has 1 N–H and O–H groups in total. The zero-order valence-electron chi connectivity index (χ0n) is 12.8. The number of H-pyrrole nitrogens is 1. The number of para-hydroxylation sites is 1. The maximum absolute atomic E-state index is 12.9. The molecular weight excluding hydrogens is 306 g/mol. The summed E-state index contributed by atoms with van der Waals surface area (Å²) < 4.78 is 2.76. The second-order valence-electron chi connectivity index (χ2n) is 5.59. The topological polar surface area (TPSA) is 76.9 Å². The molecule has 6 nitrogen and oxygen atoms in total. The molecule has 0 bridgehead atoms. The van der Waals surface area contributed by atoms with Gasteiger partial charge in [0.1, 0.15) is 5.65 Å². The van der Waals surface area contributed by atoms with Crippen molar-refractivity contribution >= 4 is 11.0 Å². The summed E-state index contributed by atoms with van der Waals surface area (Å²) >= 11 is 0. The van der Waals surface area contributed by atoms with E-state index in [2.05, 4.69) is 4.98 Å². The molecule has 2 heterocycles. The van der Waals surface area contributed by atoms with Crippen molar-refractivity contribution in [2.24, 2.45) is 7.05 Å². The maximum Gasteiger partial charge on any atom is 0.334 e. The lowest BCUT2D eigenvalue weighted by atomic mass is 10.1. The normalized spacial score (nSPS) is 11.2. The third-order valence-electron chi connectivity index (χ3n) is 4.13. The lowest BCUT2D eigenvalue weighted by Crippen LogP contribution is -2.34. The number of pyridine rings is 1. The van der Waals surface area contributed by atoms with Crippen molar-refractivity contribution in [2.45, 2.75) is 0 Å². The summed E-state index contributed by atoms with van der Waals surface area (Å²) in [5.74, 6) is 0. The van der Waals surface area contributed by atoms with Crippen LogP contribution in [0.3, 0.4) is 0 Å². The molecule has 2 aliphatic rings. The average Bonchev–Trinajstić information content (AvgIpc) is 2.58. The van der Waals surface area contributed by atoms with E-state index in [-0.39, 0.29) is 5.43 Å². The van der Waals surface area contributed by atoms with Crippen LogP contribution in [-0.2, 0) is 7.05 Å². The van der Waals surface area contributed by atoms with Crippen LogP contribution in [0.1, 0.15) is 0 Å². The van der Waals surface area contributed by atoms with Crippen molar-refractivity contribution in [3.63, 3.8) is 0 Å². The van der Waals surface area contributed by atoms with Crippen molar-refractivity contribution in [1.82, 2.24) is 14.1 Å². The molecule has 2 aromatic rings. The summed E-state index contributed by atoms with van der Waals surface area (Å²) in [5, 5.41) is 0.382. The number of hydrogen-bond donors (Lipinski definition) is 1. The van der Waals surface area contributed by atoms with Gasteiger partial charge in [-0.15, -0.1) is 0 Å². The van der Waals surface area contributed by atoms with Gasteiger partial charge in [-0.05, 0) is 35.9 Å². The molecule has 1 aliphatic heterocycles. The van der Waals surface area contributed by atoms with Gasteiger partial charge in [0.15, 0.2) is 5.43 Å². The minimum absolute atomic E-state index is 0.127. The number of aromatic nitrogens is 3. The van der Waals surface area contributed by atoms with Gasteiger partial charge in [-0.25, -0.2) is 9.36 Å². The SMILES string of the molecule is Cn1c2cc(=O)ccc-2cc2c(=O)n(-c3ccccc3)c(=O)[nH]c21. The van der Waals surface area contributed by atoms with Crippen LogP contribution in [-0.4, -0.2) is 14.1 Å². The monoisotopic (exact) mass is 319 g/mol. The first-order valence-electron chi connectivity index (χ1n) is 7.40. The van der Waals surface area contributed by atoms with Gasteiger partial charge in [-0.1, -0.05) is 18.2 Å². The first-order chi connectivity index (χ1) is 11.6. The Bertz CT molecular complexity index is 1220. The fourth-order valence-electron chi connectivity index (χ4n) is 2.96. The molecule has 0 spiro atoms. The van der Waals surface area contributed by atoms with E-state index < -0.39 is 11.2 Å². The summed E-state index contributed by atoms with van der Waals surface area (Å²) in [4.78, 5) is 39.7. The molecule has 1 aromatic carbocycles. The first kappa shape index (κ1) is 14.2. The molecule has 0 saturated carbocycles. The van der Waals surface area contributed by atoms with Crippen molar-refractivity contribution in [3.05, 3.63) is 85.7 Å². The number of fused-ring (bicyclic) bond motifs is 2. The Labute approximate surface area is 135 Å². The van der Waals surface area contributed by atoms with Gasteiger partial charge in [0.2, 0.25) is 0 Å². The summed E-state index contributed by atoms with van der Waals surface area (Å²) in [6.45, 7) is 0. The van der Waals surface area contributed by atoms with Crippen molar-refractivity contribution < 1.29 is 0 Å². The zero-order valence-corrected chi connectivity index (χ0v) is 12.8. The van der Waals surface area contributed by atoms with E-state index in [1.54, 1.807) is 48.0 Å². The third-order valence-corrected chi connectivity index (χ3v) is 4.13. The Kier molecular flexibility index (Phi) is 2.99. The number of rotatable bonds is 1. The van der Waals surface area contributed by atoms with Crippen LogP contribution in [0.2, 0.25) is 0 Å². The number of nitrogens with zero attached hydrogens (tertiary/aromatic N) is 2. The molecule has 0 fully saturated rings. The Morgan fingerprint density at radius 3 is 2.42 bits per heavy atom. The predicted molar refractivity (Wildman–Crippen MR) is 92.0 cm³/mol. The lowest BCUT2D eigenvalue weighted by molar-refractivity contribution is 0.861. The fraction of sp³-hybridized carbons (Fsp3) is 0.0556. The van der Waals surface area contributed by atoms with Crippen LogP contribution in [0.15, 0.2) is 69.0 Å². The maximum atomic E-state index is 12.9. The van der Waals surface area contributed by atoms with E-state index in [0.717, 1.165) is 10.1 Å². The van der Waals surface area contributed by atoms with Crippen LogP contribution in [0.4, 0.5) is 0 Å². The van der Waals surface area contributed by atoms with Crippen LogP contribution in [0.25, 0.3) is 28.0 Å². The highest BCUT2D eigenvalue weighted by Gasteiger charge is 2.15. The van der Waals surface area contributed by atoms with E-state index >= 15 is 0 Å². The Hall–Kier alpha value is -3.41. The van der Waals surface area contributed by atoms with E-state index in [1.165, 1.54) is 12.1 Å². The second kappa shape index (κ2) is 5.06.